The summed E-state index contributed by atoms with van der Waals surface area (Å²) in [6, 6.07) is 9.22. The number of hydrogen-bond donors (Lipinski definition) is 0. The molecule has 2 heterocycles. The molecule has 1 saturated heterocycles. The van der Waals surface area contributed by atoms with Crippen molar-refractivity contribution in [2.24, 2.45) is 5.92 Å². The normalized spacial score (nSPS) is 21.3. The lowest BCUT2D eigenvalue weighted by Gasteiger charge is -2.44. The third-order valence-electron chi connectivity index (χ3n) is 7.74. The number of aromatic nitrogens is 2. The molecular weight excluding hydrogens is 508 g/mol. The van der Waals surface area contributed by atoms with E-state index in [0.29, 0.717) is 18.5 Å². The summed E-state index contributed by atoms with van der Waals surface area (Å²) in [6.45, 7) is 3.35. The van der Waals surface area contributed by atoms with Crippen molar-refractivity contribution >= 4 is 20.9 Å². The lowest BCUT2D eigenvalue weighted by molar-refractivity contribution is -0.176. The maximum absolute atomic E-state index is 13.5. The molecule has 0 N–H and O–H groups in total. The highest BCUT2D eigenvalue weighted by Crippen LogP contribution is 2.37. The molecule has 0 bridgehead atoms. The Balaban J connectivity index is 1.52. The van der Waals surface area contributed by atoms with Crippen LogP contribution in [0.4, 0.5) is 17.6 Å². The first-order valence-electron chi connectivity index (χ1n) is 12.5. The van der Waals surface area contributed by atoms with Gasteiger partial charge in [-0.1, -0.05) is 13.3 Å². The number of fused-ring (bicyclic) bond motifs is 1. The van der Waals surface area contributed by atoms with Crippen LogP contribution in [0.2, 0.25) is 0 Å². The van der Waals surface area contributed by atoms with Crippen LogP contribution in [0.5, 0.6) is 0 Å². The van der Waals surface area contributed by atoms with Crippen molar-refractivity contribution in [1.82, 2.24) is 19.0 Å². The topological polar surface area (TPSA) is 58.4 Å². The van der Waals surface area contributed by atoms with E-state index in [-0.39, 0.29) is 32.0 Å². The van der Waals surface area contributed by atoms with Gasteiger partial charge in [0.2, 0.25) is 10.0 Å². The maximum atomic E-state index is 13.5. The Morgan fingerprint density at radius 1 is 1.11 bits per heavy atom. The zero-order valence-corrected chi connectivity index (χ0v) is 21.6. The van der Waals surface area contributed by atoms with Gasteiger partial charge in [0.05, 0.1) is 28.6 Å². The van der Waals surface area contributed by atoms with E-state index < -0.39 is 33.4 Å². The van der Waals surface area contributed by atoms with Crippen LogP contribution in [0.15, 0.2) is 42.6 Å². The summed E-state index contributed by atoms with van der Waals surface area (Å²) in [5.74, 6) is -1.90. The van der Waals surface area contributed by atoms with E-state index in [9.17, 15) is 26.0 Å². The molecule has 3 aromatic rings. The smallest absolute Gasteiger partial charge is 0.293 e. The van der Waals surface area contributed by atoms with Crippen molar-refractivity contribution in [2.75, 3.05) is 26.2 Å². The lowest BCUT2D eigenvalue weighted by Crippen LogP contribution is -2.54. The number of rotatable bonds is 6. The van der Waals surface area contributed by atoms with Crippen LogP contribution in [-0.4, -0.2) is 65.0 Å². The van der Waals surface area contributed by atoms with Gasteiger partial charge in [0.15, 0.2) is 0 Å². The fourth-order valence-electron chi connectivity index (χ4n) is 5.22. The third kappa shape index (κ3) is 5.00. The Labute approximate surface area is 213 Å². The monoisotopic (exact) mass is 538 g/mol. The Bertz CT molecular complexity index is 1380. The van der Waals surface area contributed by atoms with Crippen LogP contribution < -0.4 is 0 Å². The van der Waals surface area contributed by atoms with E-state index in [4.69, 9.17) is 0 Å². The zero-order valence-electron chi connectivity index (χ0n) is 20.7. The summed E-state index contributed by atoms with van der Waals surface area (Å²) >= 11 is 0. The van der Waals surface area contributed by atoms with Gasteiger partial charge < -0.3 is 0 Å². The van der Waals surface area contributed by atoms with Gasteiger partial charge in [-0.3, -0.25) is 4.90 Å². The number of piperazine rings is 1. The first kappa shape index (κ1) is 26.1. The Hall–Kier alpha value is -2.50. The van der Waals surface area contributed by atoms with Crippen LogP contribution in [0.1, 0.15) is 43.4 Å². The second kappa shape index (κ2) is 9.67. The molecule has 1 aliphatic carbocycles. The molecule has 37 heavy (non-hydrogen) atoms. The van der Waals surface area contributed by atoms with Gasteiger partial charge in [0, 0.05) is 37.6 Å². The predicted molar refractivity (Wildman–Crippen MR) is 133 cm³/mol. The fourth-order valence-corrected chi connectivity index (χ4v) is 7.25. The minimum Gasteiger partial charge on any atom is -0.293 e. The number of alkyl halides is 3. The van der Waals surface area contributed by atoms with Crippen molar-refractivity contribution in [1.29, 1.82) is 0 Å². The summed E-state index contributed by atoms with van der Waals surface area (Å²) in [5.41, 5.74) is 3.07. The van der Waals surface area contributed by atoms with Crippen LogP contribution >= 0.6 is 0 Å². The SMILES string of the molecule is Cc1cc2c(cnn2-c2ccc(F)cc2)cc1[C@H]1CN(S(=O)(=O)C2CCC2)CCN1CC(C)C(F)(F)F. The highest BCUT2D eigenvalue weighted by Gasteiger charge is 2.43. The molecule has 1 unspecified atom stereocenters. The summed E-state index contributed by atoms with van der Waals surface area (Å²) in [6.07, 6.45) is -0.535. The van der Waals surface area contributed by atoms with Crippen molar-refractivity contribution in [3.63, 3.8) is 0 Å². The minimum atomic E-state index is -4.34. The largest absolute Gasteiger partial charge is 0.392 e. The fraction of sp³-hybridized carbons (Fsp3) is 0.500. The highest BCUT2D eigenvalue weighted by atomic mass is 32.2. The lowest BCUT2D eigenvalue weighted by atomic mass is 9.95. The Kier molecular flexibility index (Phi) is 6.82. The molecule has 11 heteroatoms. The molecule has 0 radical (unpaired) electrons. The quantitative estimate of drug-likeness (QED) is 0.404. The minimum absolute atomic E-state index is 0.113. The molecule has 5 rings (SSSR count). The number of benzene rings is 2. The van der Waals surface area contributed by atoms with Crippen molar-refractivity contribution in [2.45, 2.75) is 50.6 Å². The van der Waals surface area contributed by atoms with Crippen molar-refractivity contribution < 1.29 is 26.0 Å². The molecule has 2 aliphatic rings. The molecule has 1 aliphatic heterocycles. The second-order valence-electron chi connectivity index (χ2n) is 10.2. The number of hydrogen-bond acceptors (Lipinski definition) is 4. The Morgan fingerprint density at radius 2 is 1.81 bits per heavy atom. The second-order valence-corrected chi connectivity index (χ2v) is 12.4. The standard InChI is InChI=1S/C26H30F4N4O2S/c1-17-12-24-19(14-31-34(24)21-8-6-20(27)7-9-21)13-23(17)25-16-33(37(35,36)22-4-3-5-22)11-10-32(25)15-18(2)26(28,29)30/h6-9,12-14,18,22,25H,3-5,10-11,15-16H2,1-2H3/t18?,25-/m1/s1. The van der Waals surface area contributed by atoms with Crippen molar-refractivity contribution in [3.05, 3.63) is 59.5 Å². The van der Waals surface area contributed by atoms with E-state index in [1.165, 1.54) is 16.4 Å². The van der Waals surface area contributed by atoms with E-state index >= 15 is 0 Å². The summed E-state index contributed by atoms with van der Waals surface area (Å²) < 4.78 is 83.4. The zero-order chi connectivity index (χ0) is 26.5. The summed E-state index contributed by atoms with van der Waals surface area (Å²) in [4.78, 5) is 1.77. The van der Waals surface area contributed by atoms with Crippen LogP contribution in [0.25, 0.3) is 16.6 Å². The molecule has 200 valence electrons. The van der Waals surface area contributed by atoms with Gasteiger partial charge in [-0.2, -0.15) is 22.6 Å². The van der Waals surface area contributed by atoms with Gasteiger partial charge in [-0.05, 0) is 67.3 Å². The number of aryl methyl sites for hydroxylation is 1. The van der Waals surface area contributed by atoms with Gasteiger partial charge in [0.1, 0.15) is 5.82 Å². The number of sulfonamides is 1. The van der Waals surface area contributed by atoms with E-state index in [0.717, 1.165) is 35.4 Å². The first-order valence-corrected chi connectivity index (χ1v) is 14.0. The molecule has 0 spiro atoms. The number of halogens is 4. The average Bonchev–Trinajstić information content (AvgIpc) is 3.19. The molecule has 1 aromatic heterocycles. The molecular formula is C26H30F4N4O2S. The molecule has 0 amide bonds. The van der Waals surface area contributed by atoms with E-state index in [1.807, 2.05) is 19.1 Å². The van der Waals surface area contributed by atoms with Crippen molar-refractivity contribution in [3.8, 4) is 5.69 Å². The van der Waals surface area contributed by atoms with Crippen LogP contribution in [-0.2, 0) is 10.0 Å². The number of nitrogens with zero attached hydrogens (tertiary/aromatic N) is 4. The van der Waals surface area contributed by atoms with Gasteiger partial charge in [-0.25, -0.2) is 17.5 Å². The average molecular weight is 539 g/mol. The van der Waals surface area contributed by atoms with E-state index in [1.54, 1.807) is 27.9 Å². The van der Waals surface area contributed by atoms with Gasteiger partial charge >= 0.3 is 6.18 Å². The molecule has 2 aromatic carbocycles. The molecule has 1 saturated carbocycles. The van der Waals surface area contributed by atoms with Gasteiger partial charge in [0.25, 0.3) is 0 Å². The first-order chi connectivity index (χ1) is 17.4. The van der Waals surface area contributed by atoms with Crippen LogP contribution in [0, 0.1) is 18.7 Å². The van der Waals surface area contributed by atoms with Gasteiger partial charge in [-0.15, -0.1) is 0 Å². The molecule has 6 nitrogen and oxygen atoms in total. The summed E-state index contributed by atoms with van der Waals surface area (Å²) in [7, 11) is -3.50. The van der Waals surface area contributed by atoms with E-state index in [2.05, 4.69) is 5.10 Å². The molecule has 2 fully saturated rings. The third-order valence-corrected chi connectivity index (χ3v) is 10.1. The summed E-state index contributed by atoms with van der Waals surface area (Å²) in [5, 5.41) is 4.82. The van der Waals surface area contributed by atoms with Crippen LogP contribution in [0.3, 0.4) is 0 Å². The highest BCUT2D eigenvalue weighted by molar-refractivity contribution is 7.89. The molecule has 2 atom stereocenters. The predicted octanol–water partition coefficient (Wildman–Crippen LogP) is 5.21. The Morgan fingerprint density at radius 3 is 2.43 bits per heavy atom. The maximum Gasteiger partial charge on any atom is 0.392 e.